The minimum absolute atomic E-state index is 0.172. The molecule has 1 heterocycles. The Hall–Kier alpha value is -0.890. The number of aryl methyl sites for hydroxylation is 1. The summed E-state index contributed by atoms with van der Waals surface area (Å²) in [5, 5.41) is 7.99. The highest BCUT2D eigenvalue weighted by molar-refractivity contribution is 9.10. The number of nitrogens with one attached hydrogen (secondary N) is 1. The number of hydrogen-bond donors (Lipinski definition) is 2. The summed E-state index contributed by atoms with van der Waals surface area (Å²) in [5.41, 5.74) is 3.78. The summed E-state index contributed by atoms with van der Waals surface area (Å²) in [6.07, 6.45) is 2.68. The maximum absolute atomic E-state index is 5.59. The van der Waals surface area contributed by atoms with Gasteiger partial charge in [-0.1, -0.05) is 21.1 Å². The summed E-state index contributed by atoms with van der Waals surface area (Å²) in [4.78, 5) is 1.22. The Kier molecular flexibility index (Phi) is 5.38. The SMILES string of the molecule is Cn1cc(CC(CSc2ccc(Br)cc2)NN)nn1. The van der Waals surface area contributed by atoms with Gasteiger partial charge in [-0.2, -0.15) is 0 Å². The van der Waals surface area contributed by atoms with Gasteiger partial charge in [-0.3, -0.25) is 16.0 Å². The van der Waals surface area contributed by atoms with Crippen molar-refractivity contribution in [2.75, 3.05) is 5.75 Å². The number of aromatic nitrogens is 3. The number of benzene rings is 1. The van der Waals surface area contributed by atoms with E-state index in [1.54, 1.807) is 16.4 Å². The number of halogens is 1. The van der Waals surface area contributed by atoms with Crippen molar-refractivity contribution in [3.63, 3.8) is 0 Å². The second kappa shape index (κ2) is 7.04. The van der Waals surface area contributed by atoms with Crippen LogP contribution in [0, 0.1) is 0 Å². The zero-order chi connectivity index (χ0) is 13.7. The van der Waals surface area contributed by atoms with E-state index in [2.05, 4.69) is 43.8 Å². The Morgan fingerprint density at radius 3 is 2.74 bits per heavy atom. The lowest BCUT2D eigenvalue weighted by atomic mass is 10.2. The van der Waals surface area contributed by atoms with Gasteiger partial charge in [-0.05, 0) is 24.3 Å². The third kappa shape index (κ3) is 4.61. The van der Waals surface area contributed by atoms with Crippen molar-refractivity contribution in [3.8, 4) is 0 Å². The van der Waals surface area contributed by atoms with Crippen molar-refractivity contribution >= 4 is 27.7 Å². The topological polar surface area (TPSA) is 68.8 Å². The lowest BCUT2D eigenvalue weighted by Gasteiger charge is -2.13. The molecule has 0 spiro atoms. The van der Waals surface area contributed by atoms with Crippen molar-refractivity contribution < 1.29 is 0 Å². The molecule has 1 aromatic carbocycles. The van der Waals surface area contributed by atoms with Crippen LogP contribution in [0.1, 0.15) is 5.69 Å². The first-order valence-corrected chi connectivity index (χ1v) is 7.65. The number of thioether (sulfide) groups is 1. The lowest BCUT2D eigenvalue weighted by Crippen LogP contribution is -2.38. The third-order valence-corrected chi connectivity index (χ3v) is 4.31. The Morgan fingerprint density at radius 1 is 1.42 bits per heavy atom. The van der Waals surface area contributed by atoms with E-state index in [1.807, 2.05) is 25.4 Å². The molecule has 19 heavy (non-hydrogen) atoms. The standard InChI is InChI=1S/C12H16BrN5S/c1-18-7-10(16-17-18)6-11(15-14)8-19-12-4-2-9(13)3-5-12/h2-5,7,11,15H,6,8,14H2,1H3. The molecule has 0 aliphatic rings. The molecule has 0 saturated heterocycles. The molecule has 102 valence electrons. The summed E-state index contributed by atoms with van der Waals surface area (Å²) in [6.45, 7) is 0. The smallest absolute Gasteiger partial charge is 0.0843 e. The predicted octanol–water partition coefficient (Wildman–Crippen LogP) is 1.74. The third-order valence-electron chi connectivity index (χ3n) is 2.61. The van der Waals surface area contributed by atoms with Crippen LogP contribution in [0.4, 0.5) is 0 Å². The second-order valence-corrected chi connectivity index (χ2v) is 6.23. The van der Waals surface area contributed by atoms with Gasteiger partial charge in [0.2, 0.25) is 0 Å². The minimum Gasteiger partial charge on any atom is -0.271 e. The van der Waals surface area contributed by atoms with Crippen molar-refractivity contribution in [2.45, 2.75) is 17.4 Å². The monoisotopic (exact) mass is 341 g/mol. The first kappa shape index (κ1) is 14.5. The average Bonchev–Trinajstić information content (AvgIpc) is 2.82. The summed E-state index contributed by atoms with van der Waals surface area (Å²) in [6, 6.07) is 8.42. The summed E-state index contributed by atoms with van der Waals surface area (Å²) >= 11 is 5.20. The molecule has 0 fully saturated rings. The number of nitrogens with zero attached hydrogens (tertiary/aromatic N) is 3. The predicted molar refractivity (Wildman–Crippen MR) is 80.7 cm³/mol. The summed E-state index contributed by atoms with van der Waals surface area (Å²) in [7, 11) is 1.86. The fraction of sp³-hybridized carbons (Fsp3) is 0.333. The highest BCUT2D eigenvalue weighted by atomic mass is 79.9. The molecule has 0 radical (unpaired) electrons. The van der Waals surface area contributed by atoms with E-state index < -0.39 is 0 Å². The zero-order valence-corrected chi connectivity index (χ0v) is 13.0. The summed E-state index contributed by atoms with van der Waals surface area (Å²) < 4.78 is 2.79. The maximum atomic E-state index is 5.59. The van der Waals surface area contributed by atoms with E-state index in [0.717, 1.165) is 22.3 Å². The molecule has 0 saturated carbocycles. The van der Waals surface area contributed by atoms with Crippen LogP contribution in [-0.4, -0.2) is 26.8 Å². The van der Waals surface area contributed by atoms with Crippen LogP contribution >= 0.6 is 27.7 Å². The van der Waals surface area contributed by atoms with Gasteiger partial charge in [0.05, 0.1) is 5.69 Å². The molecule has 1 unspecified atom stereocenters. The zero-order valence-electron chi connectivity index (χ0n) is 10.6. The van der Waals surface area contributed by atoms with Gasteiger partial charge in [0.15, 0.2) is 0 Å². The molecule has 2 rings (SSSR count). The Labute approximate surface area is 125 Å². The number of hydrogen-bond acceptors (Lipinski definition) is 5. The maximum Gasteiger partial charge on any atom is 0.0843 e. The Morgan fingerprint density at radius 2 is 2.16 bits per heavy atom. The molecule has 3 N–H and O–H groups in total. The van der Waals surface area contributed by atoms with E-state index in [-0.39, 0.29) is 6.04 Å². The largest absolute Gasteiger partial charge is 0.271 e. The van der Waals surface area contributed by atoms with Gasteiger partial charge < -0.3 is 0 Å². The van der Waals surface area contributed by atoms with Crippen LogP contribution in [-0.2, 0) is 13.5 Å². The molecule has 0 amide bonds. The molecule has 7 heteroatoms. The Balaban J connectivity index is 1.87. The van der Waals surface area contributed by atoms with Crippen LogP contribution < -0.4 is 11.3 Å². The van der Waals surface area contributed by atoms with Crippen LogP contribution in [0.5, 0.6) is 0 Å². The number of nitrogens with two attached hydrogens (primary N) is 1. The van der Waals surface area contributed by atoms with Gasteiger partial charge in [-0.25, -0.2) is 0 Å². The van der Waals surface area contributed by atoms with Gasteiger partial charge >= 0.3 is 0 Å². The first-order valence-electron chi connectivity index (χ1n) is 5.87. The van der Waals surface area contributed by atoms with E-state index in [9.17, 15) is 0 Å². The van der Waals surface area contributed by atoms with Crippen LogP contribution in [0.2, 0.25) is 0 Å². The van der Waals surface area contributed by atoms with Gasteiger partial charge in [0, 0.05) is 40.8 Å². The van der Waals surface area contributed by atoms with E-state index in [1.165, 1.54) is 4.90 Å². The molecule has 5 nitrogen and oxygen atoms in total. The normalized spacial score (nSPS) is 12.6. The van der Waals surface area contributed by atoms with E-state index in [0.29, 0.717) is 0 Å². The molecule has 0 aliphatic heterocycles. The highest BCUT2D eigenvalue weighted by Gasteiger charge is 2.10. The lowest BCUT2D eigenvalue weighted by molar-refractivity contribution is 0.568. The van der Waals surface area contributed by atoms with Gasteiger partial charge in [0.1, 0.15) is 0 Å². The molecule has 1 atom stereocenters. The van der Waals surface area contributed by atoms with Crippen LogP contribution in [0.3, 0.4) is 0 Å². The minimum atomic E-state index is 0.172. The fourth-order valence-electron chi connectivity index (χ4n) is 1.63. The number of hydrazine groups is 1. The quantitative estimate of drug-likeness (QED) is 0.476. The van der Waals surface area contributed by atoms with Crippen LogP contribution in [0.25, 0.3) is 0 Å². The molecular weight excluding hydrogens is 326 g/mol. The Bertz CT molecular complexity index is 513. The van der Waals surface area contributed by atoms with Crippen LogP contribution in [0.15, 0.2) is 39.8 Å². The van der Waals surface area contributed by atoms with E-state index in [4.69, 9.17) is 5.84 Å². The van der Waals surface area contributed by atoms with Crippen molar-refractivity contribution in [1.29, 1.82) is 0 Å². The molecular formula is C12H16BrN5S. The molecule has 0 bridgehead atoms. The highest BCUT2D eigenvalue weighted by Crippen LogP contribution is 2.21. The van der Waals surface area contributed by atoms with Crippen molar-refractivity contribution in [1.82, 2.24) is 20.4 Å². The molecule has 2 aromatic rings. The van der Waals surface area contributed by atoms with Gasteiger partial charge in [-0.15, -0.1) is 16.9 Å². The molecule has 1 aromatic heterocycles. The molecule has 0 aliphatic carbocycles. The second-order valence-electron chi connectivity index (χ2n) is 4.22. The summed E-state index contributed by atoms with van der Waals surface area (Å²) in [5.74, 6) is 6.47. The van der Waals surface area contributed by atoms with Crippen molar-refractivity contribution in [3.05, 3.63) is 40.6 Å². The van der Waals surface area contributed by atoms with Gasteiger partial charge in [0.25, 0.3) is 0 Å². The fourth-order valence-corrected chi connectivity index (χ4v) is 2.84. The van der Waals surface area contributed by atoms with Crippen molar-refractivity contribution in [2.24, 2.45) is 12.9 Å². The van der Waals surface area contributed by atoms with E-state index >= 15 is 0 Å². The first-order chi connectivity index (χ1) is 9.17. The number of rotatable bonds is 6. The average molecular weight is 342 g/mol.